The molecule has 170 valence electrons. The lowest BCUT2D eigenvalue weighted by atomic mass is 9.78. The minimum atomic E-state index is -0.809. The van der Waals surface area contributed by atoms with Crippen molar-refractivity contribution in [1.29, 1.82) is 0 Å². The summed E-state index contributed by atoms with van der Waals surface area (Å²) in [5, 5.41) is 3.56. The lowest BCUT2D eigenvalue weighted by Gasteiger charge is -2.46. The van der Waals surface area contributed by atoms with E-state index in [0.717, 1.165) is 24.8 Å². The molecule has 0 heterocycles. The molecular weight excluding hydrogens is 390 g/mol. The topological polar surface area (TPSA) is 84.5 Å². The van der Waals surface area contributed by atoms with E-state index in [9.17, 15) is 4.79 Å². The third-order valence-electron chi connectivity index (χ3n) is 5.72. The molecule has 2 atom stereocenters. The fourth-order valence-electron chi connectivity index (χ4n) is 4.27. The second kappa shape index (κ2) is 11.4. The molecule has 1 aliphatic rings. The molecule has 1 N–H and O–H groups in total. The maximum absolute atomic E-state index is 12.2. The molecule has 0 unspecified atom stereocenters. The van der Waals surface area contributed by atoms with Crippen LogP contribution in [0.15, 0.2) is 12.1 Å². The van der Waals surface area contributed by atoms with Crippen LogP contribution in [0.2, 0.25) is 0 Å². The first-order valence-corrected chi connectivity index (χ1v) is 10.3. The number of hydrogen-bond acceptors (Lipinski definition) is 8. The van der Waals surface area contributed by atoms with Crippen molar-refractivity contribution in [3.8, 4) is 17.2 Å². The summed E-state index contributed by atoms with van der Waals surface area (Å²) in [5.41, 5.74) is 0.950. The van der Waals surface area contributed by atoms with Gasteiger partial charge in [0.1, 0.15) is 0 Å². The number of carbonyl (C=O) groups is 1. The lowest BCUT2D eigenvalue weighted by molar-refractivity contribution is -0.249. The van der Waals surface area contributed by atoms with Gasteiger partial charge in [-0.3, -0.25) is 4.79 Å². The number of esters is 1. The van der Waals surface area contributed by atoms with Crippen LogP contribution in [0.25, 0.3) is 0 Å². The zero-order valence-corrected chi connectivity index (χ0v) is 18.9. The highest BCUT2D eigenvalue weighted by molar-refractivity contribution is 5.69. The average molecular weight is 426 g/mol. The van der Waals surface area contributed by atoms with Crippen LogP contribution in [0.3, 0.4) is 0 Å². The van der Waals surface area contributed by atoms with E-state index in [2.05, 4.69) is 5.32 Å². The molecule has 0 saturated heterocycles. The summed E-state index contributed by atoms with van der Waals surface area (Å²) in [6.45, 7) is 2.69. The fourth-order valence-corrected chi connectivity index (χ4v) is 4.27. The molecule has 30 heavy (non-hydrogen) atoms. The second-order valence-corrected chi connectivity index (χ2v) is 7.27. The number of carbonyl (C=O) groups excluding carboxylic acids is 1. The van der Waals surface area contributed by atoms with Gasteiger partial charge in [-0.15, -0.1) is 0 Å². The number of benzene rings is 1. The first kappa shape index (κ1) is 24.2. The van der Waals surface area contributed by atoms with Crippen LogP contribution >= 0.6 is 0 Å². The monoisotopic (exact) mass is 425 g/mol. The van der Waals surface area contributed by atoms with Crippen molar-refractivity contribution in [2.45, 2.75) is 51.0 Å². The van der Waals surface area contributed by atoms with E-state index in [0.29, 0.717) is 36.8 Å². The smallest absolute Gasteiger partial charge is 0.306 e. The number of nitrogens with one attached hydrogen (secondary N) is 1. The molecule has 8 heteroatoms. The van der Waals surface area contributed by atoms with Crippen LogP contribution in [0.5, 0.6) is 17.2 Å². The van der Waals surface area contributed by atoms with E-state index in [1.165, 1.54) is 0 Å². The molecule has 1 fully saturated rings. The predicted molar refractivity (Wildman–Crippen MR) is 112 cm³/mol. The van der Waals surface area contributed by atoms with Crippen LogP contribution in [0.4, 0.5) is 0 Å². The number of methoxy groups -OCH3 is 5. The Morgan fingerprint density at radius 1 is 1.07 bits per heavy atom. The van der Waals surface area contributed by atoms with Crippen molar-refractivity contribution in [2.24, 2.45) is 5.92 Å². The molecule has 8 nitrogen and oxygen atoms in total. The van der Waals surface area contributed by atoms with Crippen molar-refractivity contribution in [1.82, 2.24) is 5.32 Å². The Kier molecular flexibility index (Phi) is 9.20. The van der Waals surface area contributed by atoms with Gasteiger partial charge in [0.25, 0.3) is 0 Å². The van der Waals surface area contributed by atoms with Crippen LogP contribution < -0.4 is 19.5 Å². The minimum absolute atomic E-state index is 0.0275. The Morgan fingerprint density at radius 2 is 1.70 bits per heavy atom. The second-order valence-electron chi connectivity index (χ2n) is 7.27. The molecule has 0 aliphatic heterocycles. The zero-order chi connectivity index (χ0) is 22.1. The summed E-state index contributed by atoms with van der Waals surface area (Å²) in [7, 11) is 8.04. The molecule has 1 aromatic rings. The van der Waals surface area contributed by atoms with Gasteiger partial charge in [-0.05, 0) is 43.4 Å². The molecule has 1 saturated carbocycles. The third-order valence-corrected chi connectivity index (χ3v) is 5.72. The Morgan fingerprint density at radius 3 is 2.20 bits per heavy atom. The Hall–Kier alpha value is -2.03. The van der Waals surface area contributed by atoms with Gasteiger partial charge in [0, 0.05) is 27.2 Å². The van der Waals surface area contributed by atoms with Crippen molar-refractivity contribution < 1.29 is 33.2 Å². The zero-order valence-electron chi connectivity index (χ0n) is 18.9. The maximum atomic E-state index is 12.2. The molecule has 0 bridgehead atoms. The summed E-state index contributed by atoms with van der Waals surface area (Å²) in [4.78, 5) is 12.2. The molecule has 0 radical (unpaired) electrons. The van der Waals surface area contributed by atoms with Gasteiger partial charge in [0.05, 0.1) is 40.4 Å². The van der Waals surface area contributed by atoms with Crippen LogP contribution in [0.1, 0.15) is 38.2 Å². The van der Waals surface area contributed by atoms with Crippen LogP contribution in [0, 0.1) is 5.92 Å². The van der Waals surface area contributed by atoms with Crippen LogP contribution in [-0.2, 0) is 25.5 Å². The van der Waals surface area contributed by atoms with Gasteiger partial charge >= 0.3 is 5.97 Å². The van der Waals surface area contributed by atoms with Crippen molar-refractivity contribution >= 4 is 5.97 Å². The molecular formula is C22H35NO7. The van der Waals surface area contributed by atoms with Gasteiger partial charge in [-0.1, -0.05) is 0 Å². The normalized spacial score (nSPS) is 20.5. The Labute approximate surface area is 179 Å². The van der Waals surface area contributed by atoms with Crippen LogP contribution in [-0.4, -0.2) is 60.0 Å². The van der Waals surface area contributed by atoms with Gasteiger partial charge in [0.2, 0.25) is 5.75 Å². The Balaban J connectivity index is 2.27. The standard InChI is InChI=1S/C22H35NO7/c1-7-30-19(24)13-16-9-8-10-22(28-5,29-6)21(16)23-14-15-11-17(25-2)20(27-4)18(12-15)26-3/h11-12,16,21,23H,7-10,13-14H2,1-6H3/t16-,21+/m1/s1. The fraction of sp³-hybridized carbons (Fsp3) is 0.682. The van der Waals surface area contributed by atoms with Gasteiger partial charge in [0.15, 0.2) is 17.3 Å². The number of hydrogen-bond donors (Lipinski definition) is 1. The first-order chi connectivity index (χ1) is 14.5. The highest BCUT2D eigenvalue weighted by Crippen LogP contribution is 2.40. The summed E-state index contributed by atoms with van der Waals surface area (Å²) in [6.07, 6.45) is 2.86. The van der Waals surface area contributed by atoms with Gasteiger partial charge < -0.3 is 33.7 Å². The highest BCUT2D eigenvalue weighted by Gasteiger charge is 2.47. The van der Waals surface area contributed by atoms with E-state index < -0.39 is 5.79 Å². The molecule has 0 amide bonds. The van der Waals surface area contributed by atoms with E-state index in [-0.39, 0.29) is 17.9 Å². The Bertz CT molecular complexity index is 665. The molecule has 2 rings (SSSR count). The highest BCUT2D eigenvalue weighted by atomic mass is 16.7. The molecule has 1 aromatic carbocycles. The minimum Gasteiger partial charge on any atom is -0.493 e. The van der Waals surface area contributed by atoms with Crippen molar-refractivity contribution in [3.05, 3.63) is 17.7 Å². The first-order valence-electron chi connectivity index (χ1n) is 10.3. The summed E-state index contributed by atoms with van der Waals surface area (Å²) in [5.74, 6) is 0.737. The summed E-state index contributed by atoms with van der Waals surface area (Å²) < 4.78 is 33.1. The summed E-state index contributed by atoms with van der Waals surface area (Å²) in [6, 6.07) is 3.61. The quantitative estimate of drug-likeness (QED) is 0.428. The lowest BCUT2D eigenvalue weighted by Crippen LogP contribution is -2.59. The van der Waals surface area contributed by atoms with Crippen molar-refractivity contribution in [3.63, 3.8) is 0 Å². The number of ether oxygens (including phenoxy) is 6. The van der Waals surface area contributed by atoms with E-state index in [1.54, 1.807) is 35.5 Å². The SMILES string of the molecule is CCOC(=O)C[C@H]1CCCC(OC)(OC)[C@H]1NCc1cc(OC)c(OC)c(OC)c1. The number of rotatable bonds is 11. The maximum Gasteiger partial charge on any atom is 0.306 e. The predicted octanol–water partition coefficient (Wildman–Crippen LogP) is 2.91. The molecule has 0 spiro atoms. The molecule has 1 aliphatic carbocycles. The van der Waals surface area contributed by atoms with E-state index in [1.807, 2.05) is 19.1 Å². The largest absolute Gasteiger partial charge is 0.493 e. The van der Waals surface area contributed by atoms with Gasteiger partial charge in [-0.25, -0.2) is 0 Å². The van der Waals surface area contributed by atoms with E-state index in [4.69, 9.17) is 28.4 Å². The average Bonchev–Trinajstić information content (AvgIpc) is 2.77. The molecule has 0 aromatic heterocycles. The van der Waals surface area contributed by atoms with Crippen molar-refractivity contribution in [2.75, 3.05) is 42.2 Å². The summed E-state index contributed by atoms with van der Waals surface area (Å²) >= 11 is 0. The van der Waals surface area contributed by atoms with Gasteiger partial charge in [-0.2, -0.15) is 0 Å². The third kappa shape index (κ3) is 5.36. The van der Waals surface area contributed by atoms with E-state index >= 15 is 0 Å².